The zero-order chi connectivity index (χ0) is 23.2. The summed E-state index contributed by atoms with van der Waals surface area (Å²) in [4.78, 5) is 34.8. The maximum absolute atomic E-state index is 15.2. The van der Waals surface area contributed by atoms with E-state index in [0.717, 1.165) is 19.3 Å². The minimum atomic E-state index is -1.31. The Morgan fingerprint density at radius 1 is 1.41 bits per heavy atom. The number of ether oxygens (including phenoxy) is 1. The van der Waals surface area contributed by atoms with Gasteiger partial charge in [-0.2, -0.15) is 0 Å². The zero-order valence-electron chi connectivity index (χ0n) is 17.7. The number of carbonyl (C=O) groups is 2. The van der Waals surface area contributed by atoms with Crippen LogP contribution in [0.4, 0.5) is 10.1 Å². The Balaban J connectivity index is 0.000000775. The first kappa shape index (κ1) is 22.1. The first-order valence-electron chi connectivity index (χ1n) is 10.6. The largest absolute Gasteiger partial charge is 0.487 e. The molecule has 1 saturated heterocycles. The minimum absolute atomic E-state index is 0.133. The molecule has 32 heavy (non-hydrogen) atoms. The predicted molar refractivity (Wildman–Crippen MR) is 115 cm³/mol. The number of halogens is 1. The van der Waals surface area contributed by atoms with E-state index in [0.29, 0.717) is 47.8 Å². The zero-order valence-corrected chi connectivity index (χ0v) is 17.7. The molecule has 2 atom stereocenters. The Labute approximate surface area is 183 Å². The Morgan fingerprint density at radius 2 is 2.09 bits per heavy atom. The molecule has 2 aliphatic heterocycles. The summed E-state index contributed by atoms with van der Waals surface area (Å²) in [6.07, 6.45) is 3.51. The fourth-order valence-electron chi connectivity index (χ4n) is 4.90. The van der Waals surface area contributed by atoms with E-state index in [-0.39, 0.29) is 30.2 Å². The van der Waals surface area contributed by atoms with Gasteiger partial charge in [0.15, 0.2) is 11.6 Å². The van der Waals surface area contributed by atoms with E-state index in [1.54, 1.807) is 0 Å². The van der Waals surface area contributed by atoms with Crippen LogP contribution in [0.2, 0.25) is 0 Å². The number of carboxylic acid groups (broad SMARTS) is 2. The van der Waals surface area contributed by atoms with Gasteiger partial charge in [0.05, 0.1) is 11.6 Å². The van der Waals surface area contributed by atoms with Crippen molar-refractivity contribution in [2.75, 3.05) is 24.6 Å². The van der Waals surface area contributed by atoms with Gasteiger partial charge in [-0.05, 0) is 43.7 Å². The average Bonchev–Trinajstić information content (AvgIpc) is 3.31. The summed E-state index contributed by atoms with van der Waals surface area (Å²) in [5.74, 6) is -1.13. The van der Waals surface area contributed by atoms with E-state index in [1.807, 2.05) is 11.8 Å². The summed E-state index contributed by atoms with van der Waals surface area (Å²) in [5, 5.41) is 16.7. The highest BCUT2D eigenvalue weighted by atomic mass is 19.1. The van der Waals surface area contributed by atoms with Gasteiger partial charge in [0.2, 0.25) is 0 Å². The highest BCUT2D eigenvalue weighted by Gasteiger charge is 2.48. The molecule has 10 heteroatoms. The second-order valence-corrected chi connectivity index (χ2v) is 8.66. The molecule has 1 saturated carbocycles. The first-order valence-corrected chi connectivity index (χ1v) is 10.6. The molecule has 2 fully saturated rings. The number of aromatic carboxylic acids is 1. The highest BCUT2D eigenvalue weighted by molar-refractivity contribution is 5.97. The molecule has 0 unspecified atom stereocenters. The smallest absolute Gasteiger partial charge is 0.341 e. The molecule has 0 spiro atoms. The van der Waals surface area contributed by atoms with Crippen LogP contribution >= 0.6 is 0 Å². The van der Waals surface area contributed by atoms with Crippen molar-refractivity contribution < 1.29 is 28.9 Å². The summed E-state index contributed by atoms with van der Waals surface area (Å²) in [6, 6.07) is 2.28. The Bertz CT molecular complexity index is 1140. The van der Waals surface area contributed by atoms with E-state index < -0.39 is 17.3 Å². The topological polar surface area (TPSA) is 135 Å². The van der Waals surface area contributed by atoms with Crippen molar-refractivity contribution in [2.24, 2.45) is 11.7 Å². The molecule has 3 aliphatic rings. The monoisotopic (exact) mass is 447 g/mol. The van der Waals surface area contributed by atoms with Crippen molar-refractivity contribution in [3.05, 3.63) is 33.9 Å². The molecule has 9 nitrogen and oxygen atoms in total. The summed E-state index contributed by atoms with van der Waals surface area (Å²) in [5.41, 5.74) is 6.15. The summed E-state index contributed by atoms with van der Waals surface area (Å²) in [7, 11) is 0. The fraction of sp³-hybridized carbons (Fsp3) is 0.500. The van der Waals surface area contributed by atoms with Gasteiger partial charge < -0.3 is 25.6 Å². The molecule has 0 radical (unpaired) electrons. The third-order valence-corrected chi connectivity index (χ3v) is 6.83. The van der Waals surface area contributed by atoms with Gasteiger partial charge in [0.1, 0.15) is 17.9 Å². The molecule has 5 rings (SSSR count). The number of nitrogens with two attached hydrogens (primary N) is 1. The van der Waals surface area contributed by atoms with Gasteiger partial charge in [-0.1, -0.05) is 6.92 Å². The predicted octanol–water partition coefficient (Wildman–Crippen LogP) is 2.20. The second-order valence-electron chi connectivity index (χ2n) is 8.66. The standard InChI is InChI=1S/C21H24FN3O4.CH2O2/c1-2-13-10-29-18-16-11(7-14(20(27)28)19(26)25(13)16)8-15(22)17(18)24-6-3-12(9-24)21(23)4-5-21;2-1-3/h7-8,12-13H,2-6,9-10,23H2,1H3,(H,27,28);1H,(H,2,3)/t12-,13+;/m1./s1. The molecule has 1 aromatic heterocycles. The van der Waals surface area contributed by atoms with Crippen LogP contribution in [0.3, 0.4) is 0 Å². The van der Waals surface area contributed by atoms with Crippen molar-refractivity contribution in [2.45, 2.75) is 44.2 Å². The highest BCUT2D eigenvalue weighted by Crippen LogP contribution is 2.48. The molecule has 2 aromatic rings. The molecule has 4 N–H and O–H groups in total. The number of anilines is 1. The molecule has 3 heterocycles. The maximum atomic E-state index is 15.2. The van der Waals surface area contributed by atoms with Gasteiger partial charge >= 0.3 is 5.97 Å². The number of nitrogens with zero attached hydrogens (tertiary/aromatic N) is 2. The number of carboxylic acids is 1. The van der Waals surface area contributed by atoms with Crippen LogP contribution in [-0.4, -0.2) is 52.5 Å². The van der Waals surface area contributed by atoms with Crippen LogP contribution in [0, 0.1) is 11.7 Å². The number of benzene rings is 1. The van der Waals surface area contributed by atoms with Gasteiger partial charge in [-0.3, -0.25) is 14.2 Å². The first-order chi connectivity index (χ1) is 15.3. The Morgan fingerprint density at radius 3 is 2.69 bits per heavy atom. The van der Waals surface area contributed by atoms with E-state index >= 15 is 4.39 Å². The lowest BCUT2D eigenvalue weighted by atomic mass is 9.97. The van der Waals surface area contributed by atoms with Crippen molar-refractivity contribution in [1.29, 1.82) is 0 Å². The van der Waals surface area contributed by atoms with Crippen LogP contribution in [0.1, 0.15) is 49.0 Å². The van der Waals surface area contributed by atoms with E-state index in [4.69, 9.17) is 20.4 Å². The Kier molecular flexibility index (Phi) is 5.58. The normalized spacial score (nSPS) is 22.7. The lowest BCUT2D eigenvalue weighted by Crippen LogP contribution is -2.36. The second kappa shape index (κ2) is 8.09. The lowest BCUT2D eigenvalue weighted by molar-refractivity contribution is -0.122. The van der Waals surface area contributed by atoms with Crippen LogP contribution in [0.15, 0.2) is 16.9 Å². The molecule has 0 amide bonds. The average molecular weight is 447 g/mol. The van der Waals surface area contributed by atoms with Crippen LogP contribution < -0.4 is 20.9 Å². The number of aromatic nitrogens is 1. The number of hydrogen-bond donors (Lipinski definition) is 3. The Hall–Kier alpha value is -3.14. The third-order valence-electron chi connectivity index (χ3n) is 6.83. The molecular weight excluding hydrogens is 421 g/mol. The summed E-state index contributed by atoms with van der Waals surface area (Å²) >= 11 is 0. The van der Waals surface area contributed by atoms with E-state index in [9.17, 15) is 14.7 Å². The van der Waals surface area contributed by atoms with Gasteiger partial charge in [0, 0.05) is 24.0 Å². The van der Waals surface area contributed by atoms with Crippen molar-refractivity contribution in [3.63, 3.8) is 0 Å². The van der Waals surface area contributed by atoms with Crippen molar-refractivity contribution in [1.82, 2.24) is 4.57 Å². The summed E-state index contributed by atoms with van der Waals surface area (Å²) in [6.45, 7) is 3.20. The van der Waals surface area contributed by atoms with Gasteiger partial charge in [-0.25, -0.2) is 9.18 Å². The fourth-order valence-corrected chi connectivity index (χ4v) is 4.90. The third kappa shape index (κ3) is 3.48. The molecular formula is C22H26FN3O6. The molecule has 172 valence electrons. The quantitative estimate of drug-likeness (QED) is 0.607. The van der Waals surface area contributed by atoms with Gasteiger partial charge in [0.25, 0.3) is 12.0 Å². The molecule has 1 aromatic carbocycles. The number of hydrogen-bond acceptors (Lipinski definition) is 6. The van der Waals surface area contributed by atoms with Crippen molar-refractivity contribution in [3.8, 4) is 5.75 Å². The SMILES string of the molecule is CC[C@H]1COc2c(N3CC[C@@H](C4(N)CC4)C3)c(F)cc3cc(C(=O)O)c(=O)n1c23.O=CO. The minimum Gasteiger partial charge on any atom is -0.487 e. The van der Waals surface area contributed by atoms with Crippen molar-refractivity contribution >= 4 is 29.0 Å². The lowest BCUT2D eigenvalue weighted by Gasteiger charge is -2.32. The number of pyridine rings is 1. The molecule has 0 bridgehead atoms. The van der Waals surface area contributed by atoms with E-state index in [2.05, 4.69) is 0 Å². The van der Waals surface area contributed by atoms with Crippen LogP contribution in [0.5, 0.6) is 5.75 Å². The van der Waals surface area contributed by atoms with E-state index in [1.165, 1.54) is 16.7 Å². The van der Waals surface area contributed by atoms with Crippen LogP contribution in [0.25, 0.3) is 10.9 Å². The van der Waals surface area contributed by atoms with Crippen LogP contribution in [-0.2, 0) is 4.79 Å². The summed E-state index contributed by atoms with van der Waals surface area (Å²) < 4.78 is 22.7. The van der Waals surface area contributed by atoms with Gasteiger partial charge in [-0.15, -0.1) is 0 Å². The number of rotatable bonds is 4. The molecule has 1 aliphatic carbocycles. The maximum Gasteiger partial charge on any atom is 0.341 e.